The molecule has 0 aromatic heterocycles. The first-order chi connectivity index (χ1) is 9.93. The summed E-state index contributed by atoms with van der Waals surface area (Å²) in [7, 11) is 0. The van der Waals surface area contributed by atoms with Crippen molar-refractivity contribution >= 4 is 23.8 Å². The summed E-state index contributed by atoms with van der Waals surface area (Å²) in [4.78, 5) is 46.7. The number of imide groups is 1. The molecule has 1 N–H and O–H groups in total. The molecule has 0 bridgehead atoms. The van der Waals surface area contributed by atoms with E-state index in [2.05, 4.69) is 0 Å². The number of carboxylic acid groups (broad SMARTS) is 2. The average molecular weight is 321 g/mol. The van der Waals surface area contributed by atoms with Crippen molar-refractivity contribution in [3.05, 3.63) is 0 Å². The van der Waals surface area contributed by atoms with E-state index in [0.717, 1.165) is 19.3 Å². The maximum absolute atomic E-state index is 12.1. The Morgan fingerprint density at radius 2 is 1.50 bits per heavy atom. The minimum atomic E-state index is -1.59. The Labute approximate surface area is 151 Å². The Balaban J connectivity index is 0.00000441. The van der Waals surface area contributed by atoms with Crippen LogP contribution in [0, 0.1) is 0 Å². The maximum Gasteiger partial charge on any atom is 1.00 e. The van der Waals surface area contributed by atoms with Crippen molar-refractivity contribution in [1.29, 1.82) is 0 Å². The number of nitrogens with zero attached hydrogens (tertiary/aromatic N) is 1. The number of amides is 2. The number of hydrogen-bond acceptors (Lipinski definition) is 5. The van der Waals surface area contributed by atoms with Crippen LogP contribution in [0.25, 0.3) is 0 Å². The van der Waals surface area contributed by atoms with Gasteiger partial charge in [-0.1, -0.05) is 19.3 Å². The van der Waals surface area contributed by atoms with Gasteiger partial charge in [0.25, 0.3) is 0 Å². The normalized spacial score (nSPS) is 18.3. The molecule has 7 nitrogen and oxygen atoms in total. The fourth-order valence-corrected chi connectivity index (χ4v) is 2.42. The molecule has 0 unspecified atom stereocenters. The molecule has 1 aliphatic rings. The second-order valence-electron chi connectivity index (χ2n) is 5.19. The first kappa shape index (κ1) is 21.1. The SMILES string of the molecule is O=C(O)CC[C@@H](C(=O)[O-])N1C(=O)CCCCCCCC1=O.[Na+]. The van der Waals surface area contributed by atoms with E-state index < -0.39 is 36.2 Å². The zero-order chi connectivity index (χ0) is 15.8. The van der Waals surface area contributed by atoms with Gasteiger partial charge in [-0.05, 0) is 19.3 Å². The third-order valence-corrected chi connectivity index (χ3v) is 3.53. The van der Waals surface area contributed by atoms with E-state index in [4.69, 9.17) is 5.11 Å². The molecule has 22 heavy (non-hydrogen) atoms. The van der Waals surface area contributed by atoms with Crippen LogP contribution in [-0.4, -0.2) is 39.8 Å². The molecule has 0 aliphatic carbocycles. The van der Waals surface area contributed by atoms with E-state index >= 15 is 0 Å². The van der Waals surface area contributed by atoms with E-state index in [9.17, 15) is 24.3 Å². The van der Waals surface area contributed by atoms with Gasteiger partial charge < -0.3 is 15.0 Å². The molecule has 1 atom stereocenters. The summed E-state index contributed by atoms with van der Waals surface area (Å²) < 4.78 is 0. The third kappa shape index (κ3) is 6.89. The fourth-order valence-electron chi connectivity index (χ4n) is 2.42. The van der Waals surface area contributed by atoms with E-state index in [1.54, 1.807) is 0 Å². The first-order valence-corrected chi connectivity index (χ1v) is 7.21. The standard InChI is InChI=1S/C14H21NO6.Na/c16-11-6-4-2-1-3-5-7-12(17)15(11)10(14(20)21)8-9-13(18)19;/h10H,1-9H2,(H,18,19)(H,20,21);/q;+1/p-1/t10-;/m0./s1. The summed E-state index contributed by atoms with van der Waals surface area (Å²) in [6, 6.07) is -1.50. The van der Waals surface area contributed by atoms with Crippen LogP contribution >= 0.6 is 0 Å². The molecule has 0 aromatic carbocycles. The van der Waals surface area contributed by atoms with Gasteiger partial charge in [0.1, 0.15) is 0 Å². The summed E-state index contributed by atoms with van der Waals surface area (Å²) in [5.41, 5.74) is 0. The summed E-state index contributed by atoms with van der Waals surface area (Å²) in [6.07, 6.45) is 3.31. The minimum absolute atomic E-state index is 0. The van der Waals surface area contributed by atoms with Crippen LogP contribution in [0.2, 0.25) is 0 Å². The van der Waals surface area contributed by atoms with Gasteiger partial charge in [0.15, 0.2) is 0 Å². The molecule has 118 valence electrons. The molecule has 1 saturated heterocycles. The summed E-state index contributed by atoms with van der Waals surface area (Å²) >= 11 is 0. The third-order valence-electron chi connectivity index (χ3n) is 3.53. The van der Waals surface area contributed by atoms with Crippen molar-refractivity contribution in [3.63, 3.8) is 0 Å². The van der Waals surface area contributed by atoms with Gasteiger partial charge >= 0.3 is 35.5 Å². The van der Waals surface area contributed by atoms with Gasteiger partial charge in [-0.15, -0.1) is 0 Å². The van der Waals surface area contributed by atoms with Gasteiger partial charge in [0.05, 0.1) is 12.0 Å². The van der Waals surface area contributed by atoms with Crippen LogP contribution in [-0.2, 0) is 19.2 Å². The number of hydrogen-bond donors (Lipinski definition) is 1. The van der Waals surface area contributed by atoms with E-state index in [-0.39, 0.29) is 48.8 Å². The van der Waals surface area contributed by atoms with Crippen molar-refractivity contribution < 1.29 is 58.9 Å². The zero-order valence-electron chi connectivity index (χ0n) is 12.9. The van der Waals surface area contributed by atoms with E-state index in [1.807, 2.05) is 0 Å². The first-order valence-electron chi connectivity index (χ1n) is 7.21. The molecule has 1 fully saturated rings. The predicted octanol–water partition coefficient (Wildman–Crippen LogP) is -2.93. The quantitative estimate of drug-likeness (QED) is 0.428. The molecule has 1 heterocycles. The molecular formula is C14H20NNaO6. The molecule has 1 rings (SSSR count). The van der Waals surface area contributed by atoms with Crippen molar-refractivity contribution in [3.8, 4) is 0 Å². The summed E-state index contributed by atoms with van der Waals surface area (Å²) in [6.45, 7) is 0. The second-order valence-corrected chi connectivity index (χ2v) is 5.19. The van der Waals surface area contributed by atoms with Gasteiger partial charge in [0, 0.05) is 19.3 Å². The monoisotopic (exact) mass is 321 g/mol. The van der Waals surface area contributed by atoms with Crippen molar-refractivity contribution in [1.82, 2.24) is 4.90 Å². The molecule has 2 amide bonds. The van der Waals surface area contributed by atoms with E-state index in [0.29, 0.717) is 17.7 Å². The molecule has 0 aromatic rings. The maximum atomic E-state index is 12.1. The van der Waals surface area contributed by atoms with Crippen molar-refractivity contribution in [2.75, 3.05) is 0 Å². The van der Waals surface area contributed by atoms with E-state index in [1.165, 1.54) is 0 Å². The van der Waals surface area contributed by atoms with Crippen molar-refractivity contribution in [2.24, 2.45) is 0 Å². The fraction of sp³-hybridized carbons (Fsp3) is 0.714. The Kier molecular flexibility index (Phi) is 10.3. The number of carbonyl (C=O) groups is 4. The molecule has 0 radical (unpaired) electrons. The van der Waals surface area contributed by atoms with Crippen LogP contribution in [0.3, 0.4) is 0 Å². The number of carbonyl (C=O) groups excluding carboxylic acids is 3. The number of aliphatic carboxylic acids is 2. The van der Waals surface area contributed by atoms with Gasteiger partial charge in [-0.2, -0.15) is 0 Å². The van der Waals surface area contributed by atoms with Crippen molar-refractivity contribution in [2.45, 2.75) is 63.8 Å². The molecular weight excluding hydrogens is 301 g/mol. The second kappa shape index (κ2) is 10.7. The average Bonchev–Trinajstić information content (AvgIpc) is 2.40. The summed E-state index contributed by atoms with van der Waals surface area (Å²) in [5, 5.41) is 19.9. The van der Waals surface area contributed by atoms with Gasteiger partial charge in [-0.25, -0.2) is 0 Å². The molecule has 1 aliphatic heterocycles. The Morgan fingerprint density at radius 3 is 1.91 bits per heavy atom. The Hall–Kier alpha value is -0.920. The number of rotatable bonds is 5. The van der Waals surface area contributed by atoms with Gasteiger partial charge in [0.2, 0.25) is 11.8 Å². The smallest absolute Gasteiger partial charge is 0.548 e. The largest absolute Gasteiger partial charge is 1.00 e. The van der Waals surface area contributed by atoms with Gasteiger partial charge in [-0.3, -0.25) is 19.3 Å². The summed E-state index contributed by atoms with van der Waals surface area (Å²) in [5.74, 6) is -3.87. The minimum Gasteiger partial charge on any atom is -0.548 e. The van der Waals surface area contributed by atoms with Crippen LogP contribution in [0.4, 0.5) is 0 Å². The van der Waals surface area contributed by atoms with Crippen LogP contribution in [0.5, 0.6) is 0 Å². The van der Waals surface area contributed by atoms with Crippen LogP contribution in [0.15, 0.2) is 0 Å². The Morgan fingerprint density at radius 1 is 1.05 bits per heavy atom. The van der Waals surface area contributed by atoms with Crippen LogP contribution < -0.4 is 34.7 Å². The molecule has 8 heteroatoms. The topological polar surface area (TPSA) is 115 Å². The molecule has 0 spiro atoms. The number of carboxylic acids is 2. The molecule has 0 saturated carbocycles. The Bertz CT molecular complexity index is 406. The predicted molar refractivity (Wildman–Crippen MR) is 69.8 cm³/mol. The zero-order valence-corrected chi connectivity index (χ0v) is 14.9. The van der Waals surface area contributed by atoms with Crippen LogP contribution in [0.1, 0.15) is 57.8 Å².